The van der Waals surface area contributed by atoms with Gasteiger partial charge in [-0.25, -0.2) is 8.42 Å². The molecule has 1 aromatic rings. The van der Waals surface area contributed by atoms with Gasteiger partial charge in [0.25, 0.3) is 0 Å². The Bertz CT molecular complexity index is 570. The Labute approximate surface area is 131 Å². The molecule has 1 aromatic carbocycles. The van der Waals surface area contributed by atoms with Gasteiger partial charge in [0, 0.05) is 18.0 Å². The number of hydrogen-bond acceptors (Lipinski definition) is 3. The first-order valence-electron chi connectivity index (χ1n) is 6.70. The second kappa shape index (κ2) is 7.66. The molecule has 0 aliphatic heterocycles. The summed E-state index contributed by atoms with van der Waals surface area (Å²) in [6.07, 6.45) is 1.57. The molecule has 1 rings (SSSR count). The van der Waals surface area contributed by atoms with Crippen molar-refractivity contribution in [2.45, 2.75) is 20.3 Å². The molecule has 0 bridgehead atoms. The maximum absolute atomic E-state index is 11.9. The van der Waals surface area contributed by atoms with E-state index in [4.69, 9.17) is 11.6 Å². The summed E-state index contributed by atoms with van der Waals surface area (Å²) in [4.78, 5) is 11.6. The third-order valence-electron chi connectivity index (χ3n) is 2.75. The molecule has 5 nitrogen and oxygen atoms in total. The predicted molar refractivity (Wildman–Crippen MR) is 86.1 cm³/mol. The summed E-state index contributed by atoms with van der Waals surface area (Å²) < 4.78 is 25.0. The molecular formula is C14H21ClN2O3S. The van der Waals surface area contributed by atoms with Gasteiger partial charge in [-0.05, 0) is 30.2 Å². The molecule has 0 spiro atoms. The van der Waals surface area contributed by atoms with E-state index < -0.39 is 10.0 Å². The molecule has 0 aromatic heterocycles. The van der Waals surface area contributed by atoms with Crippen molar-refractivity contribution in [3.05, 3.63) is 29.3 Å². The lowest BCUT2D eigenvalue weighted by Crippen LogP contribution is -2.38. The van der Waals surface area contributed by atoms with Crippen LogP contribution < -0.4 is 9.62 Å². The monoisotopic (exact) mass is 332 g/mol. The van der Waals surface area contributed by atoms with Crippen LogP contribution in [0.25, 0.3) is 0 Å². The number of carbonyl (C=O) groups is 1. The van der Waals surface area contributed by atoms with E-state index in [-0.39, 0.29) is 24.9 Å². The molecular weight excluding hydrogens is 312 g/mol. The summed E-state index contributed by atoms with van der Waals surface area (Å²) in [7, 11) is -3.41. The number of anilines is 1. The minimum absolute atomic E-state index is 0.0745. The number of sulfonamides is 1. The van der Waals surface area contributed by atoms with Crippen molar-refractivity contribution in [2.24, 2.45) is 5.92 Å². The smallest absolute Gasteiger partial charge is 0.232 e. The van der Waals surface area contributed by atoms with Crippen molar-refractivity contribution < 1.29 is 13.2 Å². The minimum Gasteiger partial charge on any atom is -0.354 e. The SMILES string of the molecule is CC(C)CC(=O)NCCN(c1ccc(Cl)cc1)S(C)(=O)=O. The van der Waals surface area contributed by atoms with E-state index in [9.17, 15) is 13.2 Å². The standard InChI is InChI=1S/C14H21ClN2O3S/c1-11(2)10-14(18)16-8-9-17(21(3,19)20)13-6-4-12(15)5-7-13/h4-7,11H,8-10H2,1-3H3,(H,16,18). The molecule has 1 N–H and O–H groups in total. The van der Waals surface area contributed by atoms with E-state index in [1.165, 1.54) is 4.31 Å². The number of benzene rings is 1. The average molecular weight is 333 g/mol. The number of amides is 1. The largest absolute Gasteiger partial charge is 0.354 e. The predicted octanol–water partition coefficient (Wildman–Crippen LogP) is 2.27. The van der Waals surface area contributed by atoms with Crippen molar-refractivity contribution in [3.63, 3.8) is 0 Å². The fourth-order valence-corrected chi connectivity index (χ4v) is 2.89. The van der Waals surface area contributed by atoms with Crippen molar-refractivity contribution in [1.29, 1.82) is 0 Å². The highest BCUT2D eigenvalue weighted by Crippen LogP contribution is 2.19. The molecule has 0 saturated carbocycles. The van der Waals surface area contributed by atoms with Crippen LogP contribution in [-0.2, 0) is 14.8 Å². The molecule has 0 aliphatic rings. The number of nitrogens with zero attached hydrogens (tertiary/aromatic N) is 1. The fraction of sp³-hybridized carbons (Fsp3) is 0.500. The second-order valence-electron chi connectivity index (χ2n) is 5.26. The van der Waals surface area contributed by atoms with E-state index in [0.717, 1.165) is 6.26 Å². The highest BCUT2D eigenvalue weighted by molar-refractivity contribution is 7.92. The van der Waals surface area contributed by atoms with Gasteiger partial charge >= 0.3 is 0 Å². The summed E-state index contributed by atoms with van der Waals surface area (Å²) in [5, 5.41) is 3.27. The van der Waals surface area contributed by atoms with Gasteiger partial charge in [0.1, 0.15) is 0 Å². The molecule has 21 heavy (non-hydrogen) atoms. The first-order valence-corrected chi connectivity index (χ1v) is 8.92. The topological polar surface area (TPSA) is 66.5 Å². The number of carbonyl (C=O) groups excluding carboxylic acids is 1. The second-order valence-corrected chi connectivity index (χ2v) is 7.60. The molecule has 0 saturated heterocycles. The van der Waals surface area contributed by atoms with Crippen LogP contribution in [0.5, 0.6) is 0 Å². The molecule has 0 radical (unpaired) electrons. The van der Waals surface area contributed by atoms with Crippen molar-refractivity contribution in [2.75, 3.05) is 23.7 Å². The van der Waals surface area contributed by atoms with Gasteiger partial charge in [0.15, 0.2) is 0 Å². The maximum atomic E-state index is 11.9. The Morgan fingerprint density at radius 1 is 1.29 bits per heavy atom. The Morgan fingerprint density at radius 2 is 1.86 bits per heavy atom. The Morgan fingerprint density at radius 3 is 2.33 bits per heavy atom. The lowest BCUT2D eigenvalue weighted by atomic mass is 10.1. The highest BCUT2D eigenvalue weighted by atomic mass is 35.5. The van der Waals surface area contributed by atoms with Crippen LogP contribution in [0.2, 0.25) is 5.02 Å². The number of rotatable bonds is 7. The number of hydrogen-bond donors (Lipinski definition) is 1. The zero-order chi connectivity index (χ0) is 16.0. The zero-order valence-corrected chi connectivity index (χ0v) is 14.0. The van der Waals surface area contributed by atoms with Gasteiger partial charge in [0.05, 0.1) is 18.5 Å². The molecule has 0 heterocycles. The zero-order valence-electron chi connectivity index (χ0n) is 12.5. The van der Waals surface area contributed by atoms with Crippen LogP contribution in [0.1, 0.15) is 20.3 Å². The van der Waals surface area contributed by atoms with Gasteiger partial charge in [-0.1, -0.05) is 25.4 Å². The van der Waals surface area contributed by atoms with E-state index >= 15 is 0 Å². The first kappa shape index (κ1) is 17.8. The highest BCUT2D eigenvalue weighted by Gasteiger charge is 2.17. The van der Waals surface area contributed by atoms with Crippen LogP contribution in [0.15, 0.2) is 24.3 Å². The summed E-state index contributed by atoms with van der Waals surface area (Å²) in [6.45, 7) is 4.36. The lowest BCUT2D eigenvalue weighted by molar-refractivity contribution is -0.121. The maximum Gasteiger partial charge on any atom is 0.232 e. The molecule has 7 heteroatoms. The van der Waals surface area contributed by atoms with Gasteiger partial charge in [-0.15, -0.1) is 0 Å². The van der Waals surface area contributed by atoms with Crippen LogP contribution in [-0.4, -0.2) is 33.7 Å². The minimum atomic E-state index is -3.41. The van der Waals surface area contributed by atoms with Gasteiger partial charge in [-0.2, -0.15) is 0 Å². The lowest BCUT2D eigenvalue weighted by Gasteiger charge is -2.22. The molecule has 0 fully saturated rings. The summed E-state index contributed by atoms with van der Waals surface area (Å²) >= 11 is 5.80. The molecule has 0 atom stereocenters. The molecule has 1 amide bonds. The van der Waals surface area contributed by atoms with Gasteiger partial charge < -0.3 is 5.32 Å². The Hall–Kier alpha value is -1.27. The summed E-state index contributed by atoms with van der Waals surface area (Å²) in [5.41, 5.74) is 0.528. The van der Waals surface area contributed by atoms with Crippen LogP contribution in [0.3, 0.4) is 0 Å². The number of halogens is 1. The average Bonchev–Trinajstić information content (AvgIpc) is 2.34. The van der Waals surface area contributed by atoms with E-state index in [1.807, 2.05) is 13.8 Å². The van der Waals surface area contributed by atoms with Crippen LogP contribution in [0, 0.1) is 5.92 Å². The quantitative estimate of drug-likeness (QED) is 0.833. The summed E-state index contributed by atoms with van der Waals surface area (Å²) in [5.74, 6) is 0.196. The first-order chi connectivity index (χ1) is 9.70. The van der Waals surface area contributed by atoms with Crippen LogP contribution in [0.4, 0.5) is 5.69 Å². The third kappa shape index (κ3) is 6.35. The van der Waals surface area contributed by atoms with Gasteiger partial charge in [0.2, 0.25) is 15.9 Å². The van der Waals surface area contributed by atoms with Crippen molar-refractivity contribution in [1.82, 2.24) is 5.32 Å². The van der Waals surface area contributed by atoms with Gasteiger partial charge in [-0.3, -0.25) is 9.10 Å². The van der Waals surface area contributed by atoms with E-state index in [2.05, 4.69) is 5.32 Å². The Kier molecular flexibility index (Phi) is 6.48. The Balaban J connectivity index is 2.69. The normalized spacial score (nSPS) is 11.5. The fourth-order valence-electron chi connectivity index (χ4n) is 1.83. The molecule has 118 valence electrons. The van der Waals surface area contributed by atoms with E-state index in [1.54, 1.807) is 24.3 Å². The molecule has 0 aliphatic carbocycles. The number of nitrogens with one attached hydrogen (secondary N) is 1. The van der Waals surface area contributed by atoms with E-state index in [0.29, 0.717) is 17.1 Å². The molecule has 0 unspecified atom stereocenters. The van der Waals surface area contributed by atoms with Crippen molar-refractivity contribution >= 4 is 33.2 Å². The summed E-state index contributed by atoms with van der Waals surface area (Å²) in [6, 6.07) is 6.54. The van der Waals surface area contributed by atoms with Crippen LogP contribution >= 0.6 is 11.6 Å². The third-order valence-corrected chi connectivity index (χ3v) is 4.19. The van der Waals surface area contributed by atoms with Crippen molar-refractivity contribution in [3.8, 4) is 0 Å².